The molecule has 0 aromatic heterocycles. The van der Waals surface area contributed by atoms with E-state index in [9.17, 15) is 4.79 Å². The van der Waals surface area contributed by atoms with Gasteiger partial charge in [-0.2, -0.15) is 0 Å². The van der Waals surface area contributed by atoms with Crippen LogP contribution in [0.2, 0.25) is 10.0 Å². The molecule has 1 saturated carbocycles. The van der Waals surface area contributed by atoms with Crippen LogP contribution in [-0.4, -0.2) is 28.1 Å². The number of hydrogen-bond donors (Lipinski definition) is 1. The molecule has 4 nitrogen and oxygen atoms in total. The highest BCUT2D eigenvalue weighted by atomic mass is 35.5. The smallest absolute Gasteiger partial charge is 0.234 e. The van der Waals surface area contributed by atoms with Crippen LogP contribution in [0.15, 0.2) is 52.4 Å². The average Bonchev–Trinajstić information content (AvgIpc) is 3.11. The van der Waals surface area contributed by atoms with Crippen LogP contribution < -0.4 is 5.32 Å². The molecule has 1 fully saturated rings. The molecule has 2 aliphatic rings. The van der Waals surface area contributed by atoms with Gasteiger partial charge in [-0.05, 0) is 62.8 Å². The van der Waals surface area contributed by atoms with Gasteiger partial charge in [-0.1, -0.05) is 65.7 Å². The third-order valence-corrected chi connectivity index (χ3v) is 7.48. The molecule has 1 heterocycles. The Morgan fingerprint density at radius 2 is 1.81 bits per heavy atom. The van der Waals surface area contributed by atoms with Gasteiger partial charge in [0.2, 0.25) is 5.91 Å². The van der Waals surface area contributed by atoms with E-state index in [1.54, 1.807) is 6.07 Å². The summed E-state index contributed by atoms with van der Waals surface area (Å²) in [7, 11) is 0. The molecular formula is C24H25Cl2N3OS. The molecule has 2 aromatic rings. The van der Waals surface area contributed by atoms with E-state index in [0.29, 0.717) is 16.0 Å². The van der Waals surface area contributed by atoms with Crippen molar-refractivity contribution in [3.8, 4) is 0 Å². The molecule has 0 radical (unpaired) electrons. The van der Waals surface area contributed by atoms with Crippen molar-refractivity contribution in [3.63, 3.8) is 0 Å². The van der Waals surface area contributed by atoms with E-state index in [2.05, 4.69) is 12.2 Å². The Bertz CT molecular complexity index is 1040. The van der Waals surface area contributed by atoms with Crippen molar-refractivity contribution in [2.24, 2.45) is 15.9 Å². The fourth-order valence-electron chi connectivity index (χ4n) is 3.87. The topological polar surface area (TPSA) is 53.8 Å². The van der Waals surface area contributed by atoms with E-state index in [-0.39, 0.29) is 11.7 Å². The van der Waals surface area contributed by atoms with E-state index >= 15 is 0 Å². The molecule has 0 atom stereocenters. The molecule has 1 spiro atoms. The Morgan fingerprint density at radius 3 is 2.48 bits per heavy atom. The first kappa shape index (κ1) is 22.4. The fourth-order valence-corrected chi connectivity index (χ4v) is 5.04. The maximum atomic E-state index is 12.5. The fraction of sp³-hybridized carbons (Fsp3) is 0.375. The number of thioether (sulfide) groups is 1. The summed E-state index contributed by atoms with van der Waals surface area (Å²) in [6.07, 6.45) is 4.07. The summed E-state index contributed by atoms with van der Waals surface area (Å²) in [5, 5.41) is 4.74. The third kappa shape index (κ3) is 5.33. The van der Waals surface area contributed by atoms with Crippen molar-refractivity contribution in [2.75, 3.05) is 11.1 Å². The van der Waals surface area contributed by atoms with Gasteiger partial charge in [0.1, 0.15) is 5.04 Å². The number of carbonyl (C=O) groups excluding carboxylic acids is 1. The van der Waals surface area contributed by atoms with Crippen LogP contribution >= 0.6 is 35.0 Å². The van der Waals surface area contributed by atoms with Crippen molar-refractivity contribution in [1.29, 1.82) is 0 Å². The quantitative estimate of drug-likeness (QED) is 0.531. The summed E-state index contributed by atoms with van der Waals surface area (Å²) in [5.41, 5.74) is 3.23. The second-order valence-electron chi connectivity index (χ2n) is 8.37. The van der Waals surface area contributed by atoms with Gasteiger partial charge in [0.05, 0.1) is 21.5 Å². The van der Waals surface area contributed by atoms with Gasteiger partial charge in [0.15, 0.2) is 5.66 Å². The number of hydrogen-bond acceptors (Lipinski definition) is 4. The lowest BCUT2D eigenvalue weighted by Gasteiger charge is -2.30. The van der Waals surface area contributed by atoms with E-state index in [1.807, 2.05) is 43.3 Å². The van der Waals surface area contributed by atoms with Gasteiger partial charge in [0.25, 0.3) is 0 Å². The van der Waals surface area contributed by atoms with E-state index in [1.165, 1.54) is 11.8 Å². The minimum Gasteiger partial charge on any atom is -0.325 e. The SMILES string of the molecule is Cc1ccc(NC(=O)CSC2=NC3(CCC(C)CC3)N=C2c2ccc(Cl)c(Cl)c2)cc1. The zero-order valence-corrected chi connectivity index (χ0v) is 19.9. The van der Waals surface area contributed by atoms with Gasteiger partial charge < -0.3 is 5.32 Å². The predicted octanol–water partition coefficient (Wildman–Crippen LogP) is 6.78. The monoisotopic (exact) mass is 473 g/mol. The largest absolute Gasteiger partial charge is 0.325 e. The highest BCUT2D eigenvalue weighted by Gasteiger charge is 2.39. The first-order valence-corrected chi connectivity index (χ1v) is 12.2. The van der Waals surface area contributed by atoms with Crippen LogP contribution in [0.3, 0.4) is 0 Å². The summed E-state index contributed by atoms with van der Waals surface area (Å²) in [5.74, 6) is 0.893. The molecule has 1 N–H and O–H groups in total. The lowest BCUT2D eigenvalue weighted by atomic mass is 9.83. The number of aryl methyl sites for hydroxylation is 1. The van der Waals surface area contributed by atoms with Crippen molar-refractivity contribution < 1.29 is 4.79 Å². The van der Waals surface area contributed by atoms with Crippen LogP contribution in [0, 0.1) is 12.8 Å². The maximum absolute atomic E-state index is 12.5. The van der Waals surface area contributed by atoms with Crippen LogP contribution in [0.4, 0.5) is 5.69 Å². The molecule has 1 aliphatic heterocycles. The molecule has 1 aliphatic carbocycles. The molecule has 31 heavy (non-hydrogen) atoms. The second kappa shape index (κ2) is 9.35. The molecule has 4 rings (SSSR count). The van der Waals surface area contributed by atoms with Crippen LogP contribution in [0.5, 0.6) is 0 Å². The standard InChI is InChI=1S/C24H25Cl2N3OS/c1-15-3-6-18(7-4-15)27-21(30)14-31-23-22(17-5-8-19(25)20(26)13-17)28-24(29-23)11-9-16(2)10-12-24/h3-8,13,16H,9-12,14H2,1-2H3,(H,27,30). The van der Waals surface area contributed by atoms with E-state index in [0.717, 1.165) is 53.3 Å². The molecule has 162 valence electrons. The van der Waals surface area contributed by atoms with Gasteiger partial charge >= 0.3 is 0 Å². The van der Waals surface area contributed by atoms with Gasteiger partial charge in [-0.25, -0.2) is 4.99 Å². The van der Waals surface area contributed by atoms with Crippen molar-refractivity contribution in [3.05, 3.63) is 63.6 Å². The average molecular weight is 474 g/mol. The summed E-state index contributed by atoms with van der Waals surface area (Å²) < 4.78 is 0. The number of rotatable bonds is 4. The van der Waals surface area contributed by atoms with Crippen molar-refractivity contribution in [1.82, 2.24) is 0 Å². The van der Waals surface area contributed by atoms with Gasteiger partial charge in [-0.3, -0.25) is 9.79 Å². The van der Waals surface area contributed by atoms with E-state index in [4.69, 9.17) is 33.2 Å². The molecular weight excluding hydrogens is 449 g/mol. The maximum Gasteiger partial charge on any atom is 0.234 e. The predicted molar refractivity (Wildman–Crippen MR) is 133 cm³/mol. The van der Waals surface area contributed by atoms with Crippen LogP contribution in [0.1, 0.15) is 43.7 Å². The molecule has 0 saturated heterocycles. The number of carbonyl (C=O) groups is 1. The Labute approximate surface area is 197 Å². The zero-order valence-electron chi connectivity index (χ0n) is 17.6. The molecule has 0 unspecified atom stereocenters. The van der Waals surface area contributed by atoms with Gasteiger partial charge in [0, 0.05) is 11.3 Å². The Balaban J connectivity index is 1.52. The molecule has 1 amide bonds. The van der Waals surface area contributed by atoms with Crippen LogP contribution in [-0.2, 0) is 4.79 Å². The number of nitrogens with zero attached hydrogens (tertiary/aromatic N) is 2. The number of anilines is 1. The second-order valence-corrected chi connectivity index (χ2v) is 10.2. The zero-order chi connectivity index (χ0) is 22.0. The Kier molecular flexibility index (Phi) is 6.75. The summed E-state index contributed by atoms with van der Waals surface area (Å²) in [4.78, 5) is 22.6. The number of halogens is 2. The van der Waals surface area contributed by atoms with Crippen molar-refractivity contribution in [2.45, 2.75) is 45.2 Å². The molecule has 2 aromatic carbocycles. The minimum atomic E-state index is -0.413. The number of amides is 1. The Morgan fingerprint density at radius 1 is 1.10 bits per heavy atom. The normalized spacial score (nSPS) is 22.9. The highest BCUT2D eigenvalue weighted by molar-refractivity contribution is 8.16. The minimum absolute atomic E-state index is 0.0664. The number of nitrogens with one attached hydrogen (secondary N) is 1. The number of benzene rings is 2. The molecule has 7 heteroatoms. The lowest BCUT2D eigenvalue weighted by Crippen LogP contribution is -2.28. The Hall–Kier alpha value is -1.82. The molecule has 0 bridgehead atoms. The number of aliphatic imine (C=N–C) groups is 2. The highest BCUT2D eigenvalue weighted by Crippen LogP contribution is 2.41. The summed E-state index contributed by atoms with van der Waals surface area (Å²) in [6.45, 7) is 4.30. The van der Waals surface area contributed by atoms with E-state index < -0.39 is 5.66 Å². The summed E-state index contributed by atoms with van der Waals surface area (Å²) >= 11 is 13.8. The van der Waals surface area contributed by atoms with Crippen LogP contribution in [0.25, 0.3) is 0 Å². The first-order valence-electron chi connectivity index (χ1n) is 10.5. The first-order chi connectivity index (χ1) is 14.8. The summed E-state index contributed by atoms with van der Waals surface area (Å²) in [6, 6.07) is 13.3. The van der Waals surface area contributed by atoms with Crippen molar-refractivity contribution >= 4 is 57.3 Å². The lowest BCUT2D eigenvalue weighted by molar-refractivity contribution is -0.113. The van der Waals surface area contributed by atoms with Gasteiger partial charge in [-0.15, -0.1) is 0 Å². The third-order valence-electron chi connectivity index (χ3n) is 5.78.